The summed E-state index contributed by atoms with van der Waals surface area (Å²) in [5.41, 5.74) is 19.8. The Morgan fingerprint density at radius 1 is 0.213 bits per heavy atom. The van der Waals surface area contributed by atoms with Crippen LogP contribution in [0.1, 0.15) is 66.8 Å². The molecule has 0 radical (unpaired) electrons. The third-order valence-corrected chi connectivity index (χ3v) is 17.9. The van der Waals surface area contributed by atoms with Crippen LogP contribution in [0, 0.1) is 96.3 Å². The van der Waals surface area contributed by atoms with Crippen LogP contribution < -0.4 is 0 Å². The quantitative estimate of drug-likeness (QED) is 0.131. The predicted molar refractivity (Wildman–Crippen MR) is 317 cm³/mol. The van der Waals surface area contributed by atoms with Crippen LogP contribution in [0.5, 0.6) is 0 Å². The maximum atomic E-state index is 11.1. The van der Waals surface area contributed by atoms with E-state index in [1.54, 1.807) is 0 Å². The fourth-order valence-corrected chi connectivity index (χ4v) is 15.8. The first-order valence-electron chi connectivity index (χ1n) is 26.1. The van der Waals surface area contributed by atoms with E-state index >= 15 is 0 Å². The molecule has 0 N–H and O–H groups in total. The van der Waals surface area contributed by atoms with Gasteiger partial charge in [-0.15, -0.1) is 0 Å². The second-order valence-corrected chi connectivity index (χ2v) is 22.6. The van der Waals surface area contributed by atoms with Crippen LogP contribution in [0.25, 0.3) is 163 Å². The largest absolute Gasteiger partial charge is 0.192 e. The van der Waals surface area contributed by atoms with E-state index in [1.807, 2.05) is 0 Å². The number of fused-ring (bicyclic) bond motifs is 6. The highest BCUT2D eigenvalue weighted by molar-refractivity contribution is 6.61. The molecule has 0 saturated carbocycles. The summed E-state index contributed by atoms with van der Waals surface area (Å²) < 4.78 is 0. The van der Waals surface area contributed by atoms with E-state index in [-0.39, 0.29) is 0 Å². The van der Waals surface area contributed by atoms with Gasteiger partial charge in [0.2, 0.25) is 0 Å². The van der Waals surface area contributed by atoms with Gasteiger partial charge >= 0.3 is 0 Å². The summed E-state index contributed by atoms with van der Waals surface area (Å²) >= 11 is 0. The van der Waals surface area contributed by atoms with E-state index in [2.05, 4.69) is 190 Å². The minimum atomic E-state index is 0.614. The molecule has 75 heavy (non-hydrogen) atoms. The molecule has 16 aromatic rings. The van der Waals surface area contributed by atoms with Crippen LogP contribution in [-0.4, -0.2) is 0 Å². The molecule has 0 atom stereocenters. The first-order chi connectivity index (χ1) is 36.2. The van der Waals surface area contributed by atoms with Gasteiger partial charge in [0.1, 0.15) is 0 Å². The summed E-state index contributed by atoms with van der Waals surface area (Å²) in [5.74, 6) is 0. The number of nitrogens with zero attached hydrogens (tertiary/aromatic N) is 3. The fourth-order valence-electron chi connectivity index (χ4n) is 15.8. The van der Waals surface area contributed by atoms with Crippen molar-refractivity contribution in [3.05, 3.63) is 176 Å². The van der Waals surface area contributed by atoms with Crippen molar-refractivity contribution in [2.24, 2.45) is 0 Å². The van der Waals surface area contributed by atoms with Crippen molar-refractivity contribution >= 4 is 129 Å². The van der Waals surface area contributed by atoms with Gasteiger partial charge in [-0.3, -0.25) is 0 Å². The zero-order chi connectivity index (χ0) is 51.1. The molecule has 0 aliphatic carbocycles. The molecule has 0 heterocycles. The monoisotopic (exact) mass is 951 g/mol. The van der Waals surface area contributed by atoms with Crippen molar-refractivity contribution in [3.8, 4) is 51.6 Å². The van der Waals surface area contributed by atoms with Crippen molar-refractivity contribution in [2.75, 3.05) is 0 Å². The van der Waals surface area contributed by atoms with Gasteiger partial charge in [-0.05, 0) is 331 Å². The van der Waals surface area contributed by atoms with Crippen LogP contribution >= 0.6 is 0 Å². The minimum Gasteiger partial charge on any atom is -0.192 e. The second kappa shape index (κ2) is 13.8. The lowest BCUT2D eigenvalue weighted by atomic mass is 9.72. The van der Waals surface area contributed by atoms with Gasteiger partial charge in [-0.2, -0.15) is 15.8 Å². The van der Waals surface area contributed by atoms with Crippen LogP contribution in [0.15, 0.2) is 109 Å². The Hall–Kier alpha value is -9.33. The van der Waals surface area contributed by atoms with Gasteiger partial charge in [-0.1, -0.05) is 53.1 Å². The molecule has 0 amide bonds. The van der Waals surface area contributed by atoms with Crippen LogP contribution in [0.3, 0.4) is 0 Å². The Bertz CT molecular complexity index is 4660. The highest BCUT2D eigenvalue weighted by Gasteiger charge is 2.33. The summed E-state index contributed by atoms with van der Waals surface area (Å²) in [6.07, 6.45) is 0. The van der Waals surface area contributed by atoms with E-state index in [9.17, 15) is 15.8 Å². The molecule has 0 aromatic heterocycles. The zero-order valence-corrected chi connectivity index (χ0v) is 43.2. The van der Waals surface area contributed by atoms with Gasteiger partial charge in [0.15, 0.2) is 0 Å². The van der Waals surface area contributed by atoms with E-state index in [0.29, 0.717) is 16.7 Å². The van der Waals surface area contributed by atoms with Crippen molar-refractivity contribution < 1.29 is 0 Å². The minimum absolute atomic E-state index is 0.614. The topological polar surface area (TPSA) is 71.4 Å². The summed E-state index contributed by atoms with van der Waals surface area (Å²) in [4.78, 5) is 0. The average molecular weight is 952 g/mol. The third kappa shape index (κ3) is 5.03. The molecule has 0 unspecified atom stereocenters. The first kappa shape index (κ1) is 42.2. The number of rotatable bonds is 3. The van der Waals surface area contributed by atoms with Crippen molar-refractivity contribution in [3.63, 3.8) is 0 Å². The van der Waals surface area contributed by atoms with Crippen LogP contribution in [-0.2, 0) is 0 Å². The highest BCUT2D eigenvalue weighted by Crippen LogP contribution is 2.62. The second-order valence-electron chi connectivity index (χ2n) is 22.6. The fraction of sp³-hybridized carbons (Fsp3) is 0.125. The summed E-state index contributed by atoms with van der Waals surface area (Å²) in [6.45, 7) is 19.8. The number of hydrogen-bond acceptors (Lipinski definition) is 3. The highest BCUT2D eigenvalue weighted by atomic mass is 14.4. The Morgan fingerprint density at radius 2 is 0.373 bits per heavy atom. The lowest BCUT2D eigenvalue weighted by molar-refractivity contribution is 1.32. The van der Waals surface area contributed by atoms with Gasteiger partial charge in [-0.25, -0.2) is 0 Å². The first-order valence-corrected chi connectivity index (χ1v) is 26.1. The molecule has 0 saturated heterocycles. The smallest absolute Gasteiger partial charge is 0.0992 e. The molecule has 0 spiro atoms. The van der Waals surface area contributed by atoms with Gasteiger partial charge in [0.25, 0.3) is 0 Å². The number of benzene rings is 16. The standard InChI is InChI=1S/C72H45N3/c1-31-10-34(4)58(35(5)11-31)43-22-52-46-16-40(28-73)18-48-54-24-44(59-36(6)12-32(2)13-37(59)7)26-56-50-20-42(30-75)21-51-57-27-45(60-38(8)14-33(3)15-39(60)9)25-55-49-19-41(29-74)17-47-53(23-43)64(52)70-67(61(46)48)71(65(54)56)69(63(50)51)72(66(55)57)68(70)62(47)49/h10-27H,1-9H3. The molecule has 3 nitrogen and oxygen atoms in total. The SMILES string of the molecule is Cc1cc(C)c(-c2cc3c4cc(C#N)cc5c6cc(-c7c(C)cc(C)cc7C)cc7c8cc(C#N)cc9c%10cc(-c%11c(C)cc(C)cc%11C)cc%11c%12cc(C#N)cc%13c(c2)c3c2c(c45)c(c67)c(c89)c(c%11%10)c2c%13%12)c(C)c1. The lowest BCUT2D eigenvalue weighted by Crippen LogP contribution is -2.02. The zero-order valence-electron chi connectivity index (χ0n) is 43.2. The maximum absolute atomic E-state index is 11.1. The Morgan fingerprint density at radius 3 is 0.533 bits per heavy atom. The van der Waals surface area contributed by atoms with Gasteiger partial charge < -0.3 is 0 Å². The molecular weight excluding hydrogens is 907 g/mol. The van der Waals surface area contributed by atoms with Gasteiger partial charge in [0, 0.05) is 0 Å². The summed E-state index contributed by atoms with van der Waals surface area (Å²) in [6, 6.07) is 49.0. The normalized spacial score (nSPS) is 12.6. The summed E-state index contributed by atoms with van der Waals surface area (Å²) in [7, 11) is 0. The molecular formula is C72H45N3. The molecule has 16 aromatic carbocycles. The molecule has 0 aliphatic rings. The molecule has 16 rings (SSSR count). The van der Waals surface area contributed by atoms with E-state index in [4.69, 9.17) is 0 Å². The summed E-state index contributed by atoms with van der Waals surface area (Å²) in [5, 5.41) is 60.9. The number of nitriles is 3. The molecule has 0 bridgehead atoms. The Balaban J connectivity index is 1.29. The maximum Gasteiger partial charge on any atom is 0.0992 e. The lowest BCUT2D eigenvalue weighted by Gasteiger charge is -2.30. The molecule has 0 aliphatic heterocycles. The Labute approximate surface area is 432 Å². The van der Waals surface area contributed by atoms with E-state index in [1.165, 1.54) is 131 Å². The third-order valence-electron chi connectivity index (χ3n) is 17.9. The van der Waals surface area contributed by atoms with Crippen molar-refractivity contribution in [1.82, 2.24) is 0 Å². The number of aryl methyl sites for hydroxylation is 9. The predicted octanol–water partition coefficient (Wildman–Crippen LogP) is 19.5. The average Bonchev–Trinajstić information content (AvgIpc) is 3.43. The number of hydrogen-bond donors (Lipinski definition) is 0. The van der Waals surface area contributed by atoms with Crippen LogP contribution in [0.4, 0.5) is 0 Å². The van der Waals surface area contributed by atoms with Crippen molar-refractivity contribution in [1.29, 1.82) is 15.8 Å². The van der Waals surface area contributed by atoms with E-state index in [0.717, 1.165) is 81.3 Å². The molecule has 348 valence electrons. The van der Waals surface area contributed by atoms with Crippen LogP contribution in [0.2, 0.25) is 0 Å². The molecule has 0 fully saturated rings. The Kier molecular flexibility index (Phi) is 7.78. The molecule has 3 heteroatoms. The van der Waals surface area contributed by atoms with Gasteiger partial charge in [0.05, 0.1) is 34.9 Å². The van der Waals surface area contributed by atoms with E-state index < -0.39 is 0 Å². The van der Waals surface area contributed by atoms with Crippen molar-refractivity contribution in [2.45, 2.75) is 62.3 Å².